The third kappa shape index (κ3) is 5.34. The van der Waals surface area contributed by atoms with Crippen molar-refractivity contribution in [3.05, 3.63) is 104 Å². The van der Waals surface area contributed by atoms with Crippen molar-refractivity contribution in [2.24, 2.45) is 0 Å². The Labute approximate surface area is 234 Å². The molecule has 1 saturated carbocycles. The molecule has 6 rings (SSSR count). The number of fused-ring (bicyclic) bond motifs is 1. The van der Waals surface area contributed by atoms with Crippen LogP contribution in [0.15, 0.2) is 59.4 Å². The molecule has 7 nitrogen and oxygen atoms in total. The van der Waals surface area contributed by atoms with Gasteiger partial charge in [-0.15, -0.1) is 0 Å². The number of rotatable bonds is 5. The predicted octanol–water partition coefficient (Wildman–Crippen LogP) is 4.68. The van der Waals surface area contributed by atoms with E-state index in [2.05, 4.69) is 29.3 Å². The SMILES string of the molecule is O=C([C@H](O)c1cccc(C(F)(F)F)c1)N1CCCc2nc(C3(c4cccc(C5=CCOCC5)c4)CC3)[nH]c(=O)c2C1. The minimum absolute atomic E-state index is 0.0779. The number of ether oxygens (including phenoxy) is 1. The van der Waals surface area contributed by atoms with Gasteiger partial charge in [-0.1, -0.05) is 42.5 Å². The average molecular weight is 566 g/mol. The zero-order valence-corrected chi connectivity index (χ0v) is 22.3. The Morgan fingerprint density at radius 1 is 1.12 bits per heavy atom. The first kappa shape index (κ1) is 27.4. The van der Waals surface area contributed by atoms with Crippen molar-refractivity contribution in [3.8, 4) is 0 Å². The van der Waals surface area contributed by atoms with Gasteiger partial charge < -0.3 is 19.7 Å². The van der Waals surface area contributed by atoms with Crippen LogP contribution in [0.3, 0.4) is 0 Å². The van der Waals surface area contributed by atoms with Crippen LogP contribution in [0.1, 0.15) is 71.1 Å². The van der Waals surface area contributed by atoms with Gasteiger partial charge in [-0.05, 0) is 66.5 Å². The van der Waals surface area contributed by atoms with Crippen LogP contribution in [0.2, 0.25) is 0 Å². The smallest absolute Gasteiger partial charge is 0.378 e. The van der Waals surface area contributed by atoms with E-state index in [4.69, 9.17) is 9.72 Å². The first-order chi connectivity index (χ1) is 19.7. The predicted molar refractivity (Wildman–Crippen MR) is 145 cm³/mol. The summed E-state index contributed by atoms with van der Waals surface area (Å²) in [6, 6.07) is 12.5. The van der Waals surface area contributed by atoms with E-state index in [1.54, 1.807) is 0 Å². The first-order valence-electron chi connectivity index (χ1n) is 13.8. The second kappa shape index (κ2) is 10.6. The number of halogens is 3. The van der Waals surface area contributed by atoms with Gasteiger partial charge in [0.15, 0.2) is 6.10 Å². The molecule has 0 bridgehead atoms. The van der Waals surface area contributed by atoms with Gasteiger partial charge in [-0.3, -0.25) is 9.59 Å². The van der Waals surface area contributed by atoms with Crippen LogP contribution in [-0.2, 0) is 34.1 Å². The lowest BCUT2D eigenvalue weighted by Gasteiger charge is -2.24. The normalized spacial score (nSPS) is 19.1. The lowest BCUT2D eigenvalue weighted by molar-refractivity contribution is -0.142. The molecule has 1 amide bonds. The van der Waals surface area contributed by atoms with E-state index < -0.39 is 23.8 Å². The number of aliphatic hydroxyl groups is 1. The van der Waals surface area contributed by atoms with E-state index >= 15 is 0 Å². The summed E-state index contributed by atoms with van der Waals surface area (Å²) < 4.78 is 44.9. The maximum Gasteiger partial charge on any atom is 0.416 e. The number of amides is 1. The highest BCUT2D eigenvalue weighted by atomic mass is 19.4. The molecule has 214 valence electrons. The maximum atomic E-state index is 13.4. The first-order valence-corrected chi connectivity index (χ1v) is 13.8. The molecule has 1 fully saturated rings. The molecule has 0 saturated heterocycles. The van der Waals surface area contributed by atoms with Crippen LogP contribution in [0.25, 0.3) is 5.57 Å². The van der Waals surface area contributed by atoms with Gasteiger partial charge in [0.1, 0.15) is 5.82 Å². The number of nitrogens with one attached hydrogen (secondary N) is 1. The summed E-state index contributed by atoms with van der Waals surface area (Å²) in [5.41, 5.74) is 2.63. The number of aromatic nitrogens is 2. The number of benzene rings is 2. The summed E-state index contributed by atoms with van der Waals surface area (Å²) in [5, 5.41) is 10.7. The number of aromatic amines is 1. The molecule has 1 aromatic heterocycles. The Hall–Kier alpha value is -3.76. The van der Waals surface area contributed by atoms with Crippen molar-refractivity contribution in [1.82, 2.24) is 14.9 Å². The van der Waals surface area contributed by atoms with Crippen LogP contribution < -0.4 is 5.56 Å². The van der Waals surface area contributed by atoms with Gasteiger partial charge in [0.2, 0.25) is 0 Å². The number of nitrogens with zero attached hydrogens (tertiary/aromatic N) is 2. The monoisotopic (exact) mass is 565 g/mol. The van der Waals surface area contributed by atoms with Crippen molar-refractivity contribution < 1.29 is 27.8 Å². The van der Waals surface area contributed by atoms with Gasteiger partial charge in [0.05, 0.1) is 42.0 Å². The summed E-state index contributed by atoms with van der Waals surface area (Å²) in [4.78, 5) is 35.8. The molecule has 3 aromatic rings. The summed E-state index contributed by atoms with van der Waals surface area (Å²) in [6.45, 7) is 1.45. The van der Waals surface area contributed by atoms with Gasteiger partial charge in [0.25, 0.3) is 11.5 Å². The highest BCUT2D eigenvalue weighted by Crippen LogP contribution is 2.52. The van der Waals surface area contributed by atoms with Crippen LogP contribution in [0.5, 0.6) is 0 Å². The van der Waals surface area contributed by atoms with E-state index in [0.29, 0.717) is 43.1 Å². The largest absolute Gasteiger partial charge is 0.416 e. The Bertz CT molecular complexity index is 1580. The highest BCUT2D eigenvalue weighted by molar-refractivity contribution is 5.82. The number of H-pyrrole nitrogens is 1. The van der Waals surface area contributed by atoms with E-state index in [1.807, 2.05) is 6.07 Å². The fourth-order valence-electron chi connectivity index (χ4n) is 5.83. The molecule has 41 heavy (non-hydrogen) atoms. The van der Waals surface area contributed by atoms with Crippen LogP contribution in [0, 0.1) is 0 Å². The van der Waals surface area contributed by atoms with E-state index in [-0.39, 0.29) is 29.6 Å². The summed E-state index contributed by atoms with van der Waals surface area (Å²) in [7, 11) is 0. The summed E-state index contributed by atoms with van der Waals surface area (Å²) in [5.74, 6) is -0.137. The maximum absolute atomic E-state index is 13.4. The fourth-order valence-corrected chi connectivity index (χ4v) is 5.83. The molecule has 2 aliphatic heterocycles. The zero-order chi connectivity index (χ0) is 28.8. The molecule has 0 radical (unpaired) electrons. The van der Waals surface area contributed by atoms with Crippen molar-refractivity contribution in [2.45, 2.75) is 56.3 Å². The van der Waals surface area contributed by atoms with Crippen molar-refractivity contribution >= 4 is 11.5 Å². The third-order valence-corrected chi connectivity index (χ3v) is 8.32. The molecule has 2 N–H and O–H groups in total. The van der Waals surface area contributed by atoms with Crippen LogP contribution in [-0.4, -0.2) is 45.6 Å². The number of carbonyl (C=O) groups is 1. The lowest BCUT2D eigenvalue weighted by Crippen LogP contribution is -2.36. The number of alkyl halides is 3. The standard InChI is InChI=1S/C31H30F3N3O4/c32-31(33,34)23-7-2-5-21(17-23)26(38)28(40)37-13-3-8-25-24(18-37)27(39)36-29(35-25)30(11-12-30)22-6-1-4-20(16-22)19-9-14-41-15-10-19/h1-2,4-7,9,16-17,26,38H,3,8,10-15,18H2,(H,35,36,39)/t26-/m1/s1. The topological polar surface area (TPSA) is 95.5 Å². The van der Waals surface area contributed by atoms with Gasteiger partial charge in [0, 0.05) is 6.54 Å². The fraction of sp³-hybridized carbons (Fsp3) is 0.387. The third-order valence-electron chi connectivity index (χ3n) is 8.32. The quantitative estimate of drug-likeness (QED) is 0.469. The second-order valence-corrected chi connectivity index (χ2v) is 10.9. The Balaban J connectivity index is 1.25. The van der Waals surface area contributed by atoms with Crippen molar-refractivity contribution in [2.75, 3.05) is 19.8 Å². The molecule has 0 unspecified atom stereocenters. The Morgan fingerprint density at radius 3 is 2.66 bits per heavy atom. The summed E-state index contributed by atoms with van der Waals surface area (Å²) >= 11 is 0. The Kier molecular flexibility index (Phi) is 7.07. The van der Waals surface area contributed by atoms with E-state index in [1.165, 1.54) is 16.5 Å². The zero-order valence-electron chi connectivity index (χ0n) is 22.3. The van der Waals surface area contributed by atoms with Gasteiger partial charge in [-0.25, -0.2) is 4.98 Å². The number of hydrogen-bond acceptors (Lipinski definition) is 5. The minimum atomic E-state index is -4.60. The molecule has 2 aromatic carbocycles. The average Bonchev–Trinajstić information content (AvgIpc) is 3.81. The van der Waals surface area contributed by atoms with Gasteiger partial charge in [-0.2, -0.15) is 13.2 Å². The molecule has 3 heterocycles. The molecule has 1 atom stereocenters. The van der Waals surface area contributed by atoms with E-state index in [9.17, 15) is 27.9 Å². The molecule has 10 heteroatoms. The molecule has 3 aliphatic rings. The number of aryl methyl sites for hydroxylation is 1. The molecule has 0 spiro atoms. The van der Waals surface area contributed by atoms with Gasteiger partial charge >= 0.3 is 6.18 Å². The number of carbonyl (C=O) groups excluding carboxylic acids is 1. The van der Waals surface area contributed by atoms with E-state index in [0.717, 1.165) is 48.6 Å². The minimum Gasteiger partial charge on any atom is -0.378 e. The van der Waals surface area contributed by atoms with Crippen molar-refractivity contribution in [1.29, 1.82) is 0 Å². The molecule has 1 aliphatic carbocycles. The Morgan fingerprint density at radius 2 is 1.93 bits per heavy atom. The number of hydrogen-bond donors (Lipinski definition) is 2. The molecular formula is C31H30F3N3O4. The van der Waals surface area contributed by atoms with Crippen LogP contribution >= 0.6 is 0 Å². The summed E-state index contributed by atoms with van der Waals surface area (Å²) in [6.07, 6.45) is -0.745. The molecular weight excluding hydrogens is 535 g/mol. The number of aliphatic hydroxyl groups excluding tert-OH is 1. The second-order valence-electron chi connectivity index (χ2n) is 10.9. The van der Waals surface area contributed by atoms with Crippen LogP contribution in [0.4, 0.5) is 13.2 Å². The lowest BCUT2D eigenvalue weighted by atomic mass is 9.90. The van der Waals surface area contributed by atoms with Crippen molar-refractivity contribution in [3.63, 3.8) is 0 Å². The highest BCUT2D eigenvalue weighted by Gasteiger charge is 2.49.